The molecule has 1 saturated heterocycles. The van der Waals surface area contributed by atoms with Crippen LogP contribution in [0.4, 0.5) is 0 Å². The first-order valence-corrected chi connectivity index (χ1v) is 8.08. The molecular formula is C11H23N2O5P. The lowest BCUT2D eigenvalue weighted by atomic mass is 10.2. The molecule has 0 aromatic rings. The Hall–Kier alpha value is -0.460. The Bertz CT molecular complexity index is 309. The van der Waals surface area contributed by atoms with E-state index in [0.717, 1.165) is 39.3 Å². The second kappa shape index (κ2) is 8.66. The standard InChI is InChI=1S/C11H23N2O5P/c1-3-17-19(15,12-10-14)18-11(2)4-5-13-6-8-16-9-7-13/h10-11H,3-9H2,1-2H3,(H,12,14,15). The molecule has 1 amide bonds. The van der Waals surface area contributed by atoms with Crippen molar-refractivity contribution >= 4 is 14.2 Å². The van der Waals surface area contributed by atoms with Crippen LogP contribution >= 0.6 is 7.75 Å². The quantitative estimate of drug-likeness (QED) is 0.505. The third-order valence-corrected chi connectivity index (χ3v) is 4.44. The van der Waals surface area contributed by atoms with Gasteiger partial charge in [-0.15, -0.1) is 0 Å². The molecule has 8 heteroatoms. The maximum Gasteiger partial charge on any atom is 0.434 e. The zero-order chi connectivity index (χ0) is 14.1. The minimum atomic E-state index is -3.51. The fraction of sp³-hybridized carbons (Fsp3) is 0.909. The molecule has 0 spiro atoms. The molecule has 2 atom stereocenters. The van der Waals surface area contributed by atoms with E-state index in [1.165, 1.54) is 0 Å². The predicted molar refractivity (Wildman–Crippen MR) is 70.9 cm³/mol. The summed E-state index contributed by atoms with van der Waals surface area (Å²) >= 11 is 0. The van der Waals surface area contributed by atoms with Crippen molar-refractivity contribution in [3.05, 3.63) is 0 Å². The Kier molecular flexibility index (Phi) is 7.56. The van der Waals surface area contributed by atoms with Gasteiger partial charge in [-0.1, -0.05) is 0 Å². The molecule has 112 valence electrons. The molecule has 1 aliphatic rings. The van der Waals surface area contributed by atoms with Crippen molar-refractivity contribution in [2.45, 2.75) is 26.4 Å². The first kappa shape index (κ1) is 16.6. The molecular weight excluding hydrogens is 271 g/mol. The number of morpholine rings is 1. The average Bonchev–Trinajstić information content (AvgIpc) is 2.38. The highest BCUT2D eigenvalue weighted by Crippen LogP contribution is 2.44. The fourth-order valence-electron chi connectivity index (χ4n) is 1.81. The Labute approximate surface area is 114 Å². The van der Waals surface area contributed by atoms with E-state index in [0.29, 0.717) is 6.41 Å². The van der Waals surface area contributed by atoms with E-state index in [1.807, 2.05) is 6.92 Å². The third kappa shape index (κ3) is 6.49. The summed E-state index contributed by atoms with van der Waals surface area (Å²) in [6.07, 6.45) is 0.801. The van der Waals surface area contributed by atoms with Crippen molar-refractivity contribution in [3.63, 3.8) is 0 Å². The highest BCUT2D eigenvalue weighted by atomic mass is 31.2. The monoisotopic (exact) mass is 294 g/mol. The molecule has 0 bridgehead atoms. The molecule has 0 aromatic carbocycles. The SMILES string of the molecule is CCOP(=O)(NC=O)OC(C)CCN1CCOCC1. The van der Waals surface area contributed by atoms with Crippen LogP contribution in [0.1, 0.15) is 20.3 Å². The van der Waals surface area contributed by atoms with Gasteiger partial charge in [-0.25, -0.2) is 4.57 Å². The second-order valence-corrected chi connectivity index (χ2v) is 6.04. The molecule has 0 saturated carbocycles. The van der Waals surface area contributed by atoms with E-state index in [4.69, 9.17) is 13.8 Å². The molecule has 7 nitrogen and oxygen atoms in total. The van der Waals surface area contributed by atoms with Gasteiger partial charge in [0.05, 0.1) is 25.9 Å². The number of nitrogens with one attached hydrogen (secondary N) is 1. The smallest absolute Gasteiger partial charge is 0.379 e. The molecule has 1 heterocycles. The lowest BCUT2D eigenvalue weighted by Gasteiger charge is -2.28. The van der Waals surface area contributed by atoms with Crippen molar-refractivity contribution in [2.75, 3.05) is 39.5 Å². The van der Waals surface area contributed by atoms with Gasteiger partial charge in [0.25, 0.3) is 0 Å². The Morgan fingerprint density at radius 1 is 1.47 bits per heavy atom. The van der Waals surface area contributed by atoms with E-state index in [-0.39, 0.29) is 12.7 Å². The number of hydrogen-bond donors (Lipinski definition) is 1. The van der Waals surface area contributed by atoms with Crippen LogP contribution in [-0.2, 0) is 23.1 Å². The van der Waals surface area contributed by atoms with Crippen molar-refractivity contribution in [1.29, 1.82) is 0 Å². The van der Waals surface area contributed by atoms with Crippen LogP contribution in [0.2, 0.25) is 0 Å². The number of carbonyl (C=O) groups is 1. The number of ether oxygens (including phenoxy) is 1. The first-order chi connectivity index (χ1) is 9.09. The predicted octanol–water partition coefficient (Wildman–Crippen LogP) is 1.00. The van der Waals surface area contributed by atoms with Crippen LogP contribution in [0.5, 0.6) is 0 Å². The van der Waals surface area contributed by atoms with Crippen molar-refractivity contribution in [1.82, 2.24) is 9.99 Å². The number of carbonyl (C=O) groups excluding carboxylic acids is 1. The van der Waals surface area contributed by atoms with Crippen molar-refractivity contribution in [2.24, 2.45) is 0 Å². The summed E-state index contributed by atoms with van der Waals surface area (Å²) in [5.41, 5.74) is 0. The molecule has 0 aromatic heterocycles. The van der Waals surface area contributed by atoms with Crippen molar-refractivity contribution < 1.29 is 23.1 Å². The van der Waals surface area contributed by atoms with E-state index >= 15 is 0 Å². The van der Waals surface area contributed by atoms with E-state index in [9.17, 15) is 9.36 Å². The Morgan fingerprint density at radius 2 is 2.16 bits per heavy atom. The number of amides is 1. The Morgan fingerprint density at radius 3 is 2.74 bits per heavy atom. The first-order valence-electron chi connectivity index (χ1n) is 6.54. The van der Waals surface area contributed by atoms with Crippen LogP contribution in [-0.4, -0.2) is 56.9 Å². The van der Waals surface area contributed by atoms with Gasteiger partial charge in [0.2, 0.25) is 6.41 Å². The molecule has 0 aliphatic carbocycles. The summed E-state index contributed by atoms with van der Waals surface area (Å²) in [7, 11) is -3.51. The number of hydrogen-bond acceptors (Lipinski definition) is 6. The normalized spacial score (nSPS) is 21.6. The molecule has 1 fully saturated rings. The van der Waals surface area contributed by atoms with Gasteiger partial charge in [-0.05, 0) is 20.3 Å². The largest absolute Gasteiger partial charge is 0.434 e. The lowest BCUT2D eigenvalue weighted by Crippen LogP contribution is -2.37. The maximum absolute atomic E-state index is 12.1. The van der Waals surface area contributed by atoms with Gasteiger partial charge >= 0.3 is 7.75 Å². The fourth-order valence-corrected chi connectivity index (χ4v) is 3.06. The topological polar surface area (TPSA) is 77.1 Å². The third-order valence-electron chi connectivity index (χ3n) is 2.78. The highest BCUT2D eigenvalue weighted by molar-refractivity contribution is 7.52. The molecule has 2 unspecified atom stereocenters. The zero-order valence-corrected chi connectivity index (χ0v) is 12.4. The summed E-state index contributed by atoms with van der Waals surface area (Å²) < 4.78 is 27.7. The second-order valence-electron chi connectivity index (χ2n) is 4.32. The van der Waals surface area contributed by atoms with E-state index < -0.39 is 7.75 Å². The van der Waals surface area contributed by atoms with Crippen LogP contribution in [0.25, 0.3) is 0 Å². The van der Waals surface area contributed by atoms with Gasteiger partial charge in [0, 0.05) is 19.6 Å². The zero-order valence-electron chi connectivity index (χ0n) is 11.5. The van der Waals surface area contributed by atoms with Gasteiger partial charge < -0.3 is 4.74 Å². The minimum Gasteiger partial charge on any atom is -0.379 e. The van der Waals surface area contributed by atoms with Crippen LogP contribution in [0, 0.1) is 0 Å². The number of rotatable bonds is 9. The van der Waals surface area contributed by atoms with E-state index in [1.54, 1.807) is 6.92 Å². The van der Waals surface area contributed by atoms with Crippen LogP contribution in [0.15, 0.2) is 0 Å². The van der Waals surface area contributed by atoms with Gasteiger partial charge in [0.15, 0.2) is 0 Å². The Balaban J connectivity index is 2.32. The summed E-state index contributed by atoms with van der Waals surface area (Å²) in [4.78, 5) is 12.7. The summed E-state index contributed by atoms with van der Waals surface area (Å²) in [5.74, 6) is 0. The maximum atomic E-state index is 12.1. The van der Waals surface area contributed by atoms with Gasteiger partial charge in [-0.3, -0.25) is 23.8 Å². The molecule has 1 N–H and O–H groups in total. The highest BCUT2D eigenvalue weighted by Gasteiger charge is 2.26. The van der Waals surface area contributed by atoms with Crippen molar-refractivity contribution in [3.8, 4) is 0 Å². The average molecular weight is 294 g/mol. The summed E-state index contributed by atoms with van der Waals surface area (Å²) in [5, 5.41) is 2.13. The van der Waals surface area contributed by atoms with Crippen LogP contribution in [0.3, 0.4) is 0 Å². The molecule has 0 radical (unpaired) electrons. The molecule has 19 heavy (non-hydrogen) atoms. The lowest BCUT2D eigenvalue weighted by molar-refractivity contribution is -0.108. The minimum absolute atomic E-state index is 0.217. The molecule has 1 rings (SSSR count). The van der Waals surface area contributed by atoms with E-state index in [2.05, 4.69) is 9.99 Å². The summed E-state index contributed by atoms with van der Waals surface area (Å²) in [6, 6.07) is 0. The number of nitrogens with zero attached hydrogens (tertiary/aromatic N) is 1. The van der Waals surface area contributed by atoms with Gasteiger partial charge in [0.1, 0.15) is 0 Å². The molecule has 1 aliphatic heterocycles. The van der Waals surface area contributed by atoms with Crippen LogP contribution < -0.4 is 5.09 Å². The summed E-state index contributed by atoms with van der Waals surface area (Å²) in [6.45, 7) is 7.88. The van der Waals surface area contributed by atoms with Gasteiger partial charge in [-0.2, -0.15) is 0 Å².